The molecule has 2 N–H and O–H groups in total. The van der Waals surface area contributed by atoms with E-state index in [-0.39, 0.29) is 30.1 Å². The molecule has 0 aromatic carbocycles. The van der Waals surface area contributed by atoms with Gasteiger partial charge in [-0.15, -0.1) is 0 Å². The van der Waals surface area contributed by atoms with Crippen LogP contribution in [-0.2, 0) is 16.1 Å². The van der Waals surface area contributed by atoms with Crippen LogP contribution in [0.5, 0.6) is 0 Å². The van der Waals surface area contributed by atoms with Crippen LogP contribution < -0.4 is 0 Å². The predicted molar refractivity (Wildman–Crippen MR) is 83.2 cm³/mol. The Bertz CT molecular complexity index is 822. The zero-order valence-electron chi connectivity index (χ0n) is 13.3. The number of aromatic nitrogens is 4. The zero-order valence-corrected chi connectivity index (χ0v) is 13.3. The van der Waals surface area contributed by atoms with E-state index in [1.807, 2.05) is 0 Å². The number of carbonyl (C=O) groups is 3. The highest BCUT2D eigenvalue weighted by Gasteiger charge is 2.19. The minimum Gasteiger partial charge on any atom is -0.476 e. The molecule has 1 unspecified atom stereocenters. The molecule has 2 aromatic heterocycles. The summed E-state index contributed by atoms with van der Waals surface area (Å²) < 4.78 is 7.79. The van der Waals surface area contributed by atoms with Crippen molar-refractivity contribution in [3.05, 3.63) is 48.1 Å². The Morgan fingerprint density at radius 3 is 2.28 bits per heavy atom. The average molecular weight is 348 g/mol. The lowest BCUT2D eigenvalue weighted by molar-refractivity contribution is -0.140. The molecular weight excluding hydrogens is 332 g/mol. The molecule has 1 atom stereocenters. The summed E-state index contributed by atoms with van der Waals surface area (Å²) >= 11 is 0. The fourth-order valence-corrected chi connectivity index (χ4v) is 1.96. The third-order valence-electron chi connectivity index (χ3n) is 3.21. The second-order valence-electron chi connectivity index (χ2n) is 5.25. The molecule has 0 aliphatic carbocycles. The monoisotopic (exact) mass is 348 g/mol. The fraction of sp³-hybridized carbons (Fsp3) is 0.267. The molecule has 0 aliphatic rings. The van der Waals surface area contributed by atoms with Gasteiger partial charge in [-0.05, 0) is 19.1 Å². The summed E-state index contributed by atoms with van der Waals surface area (Å²) in [4.78, 5) is 33.5. The van der Waals surface area contributed by atoms with Gasteiger partial charge in [0.1, 0.15) is 12.6 Å². The van der Waals surface area contributed by atoms with Crippen molar-refractivity contribution >= 4 is 17.9 Å². The van der Waals surface area contributed by atoms with Crippen LogP contribution in [0.15, 0.2) is 36.7 Å². The minimum absolute atomic E-state index is 0.116. The molecule has 0 spiro atoms. The molecular formula is C15H16N4O6. The van der Waals surface area contributed by atoms with Crippen LogP contribution in [0, 0.1) is 0 Å². The highest BCUT2D eigenvalue weighted by atomic mass is 16.5. The van der Waals surface area contributed by atoms with Gasteiger partial charge in [0.25, 0.3) is 0 Å². The van der Waals surface area contributed by atoms with Gasteiger partial charge in [-0.3, -0.25) is 9.36 Å². The molecule has 0 amide bonds. The lowest BCUT2D eigenvalue weighted by Crippen LogP contribution is -2.24. The number of nitrogens with zero attached hydrogens (tertiary/aromatic N) is 4. The second-order valence-corrected chi connectivity index (χ2v) is 5.25. The maximum atomic E-state index is 11.6. The van der Waals surface area contributed by atoms with Crippen molar-refractivity contribution in [2.75, 3.05) is 6.61 Å². The normalized spacial score (nSPS) is 11.7. The van der Waals surface area contributed by atoms with Crippen LogP contribution in [0.2, 0.25) is 0 Å². The number of aromatic carboxylic acids is 2. The Morgan fingerprint density at radius 1 is 1.16 bits per heavy atom. The molecule has 25 heavy (non-hydrogen) atoms. The van der Waals surface area contributed by atoms with E-state index in [2.05, 4.69) is 16.8 Å². The Labute approximate surface area is 141 Å². The summed E-state index contributed by atoms with van der Waals surface area (Å²) in [7, 11) is 0. The standard InChI is InChI=1S/C15H16N4O6/c1-9(2)15(24)25-8-10(19-6-4-12(17-19)14(22)23)7-18-5-3-11(16-18)13(20)21/h3-6,10H,1,7-8H2,2H3,(H,20,21)(H,22,23). The van der Waals surface area contributed by atoms with Crippen LogP contribution in [0.3, 0.4) is 0 Å². The zero-order chi connectivity index (χ0) is 18.6. The first-order valence-corrected chi connectivity index (χ1v) is 7.15. The summed E-state index contributed by atoms with van der Waals surface area (Å²) in [5, 5.41) is 25.7. The van der Waals surface area contributed by atoms with Crippen LogP contribution in [-0.4, -0.2) is 54.3 Å². The Balaban J connectivity index is 2.20. The average Bonchev–Trinajstić information content (AvgIpc) is 3.20. The number of hydrogen-bond acceptors (Lipinski definition) is 6. The molecule has 10 heteroatoms. The van der Waals surface area contributed by atoms with E-state index in [9.17, 15) is 14.4 Å². The van der Waals surface area contributed by atoms with Crippen molar-refractivity contribution < 1.29 is 29.3 Å². The molecule has 10 nitrogen and oxygen atoms in total. The van der Waals surface area contributed by atoms with Gasteiger partial charge < -0.3 is 14.9 Å². The van der Waals surface area contributed by atoms with E-state index in [0.717, 1.165) is 0 Å². The highest BCUT2D eigenvalue weighted by Crippen LogP contribution is 2.12. The number of carbonyl (C=O) groups excluding carboxylic acids is 1. The second kappa shape index (κ2) is 7.43. The summed E-state index contributed by atoms with van der Waals surface area (Å²) in [6.07, 6.45) is 2.89. The minimum atomic E-state index is -1.19. The SMILES string of the molecule is C=C(C)C(=O)OCC(Cn1ccc(C(=O)O)n1)n1ccc(C(=O)O)n1. The molecule has 0 aliphatic heterocycles. The maximum absolute atomic E-state index is 11.6. The van der Waals surface area contributed by atoms with E-state index in [4.69, 9.17) is 14.9 Å². The number of ether oxygens (including phenoxy) is 1. The largest absolute Gasteiger partial charge is 0.476 e. The molecule has 0 saturated carbocycles. The van der Waals surface area contributed by atoms with Crippen LogP contribution in [0.25, 0.3) is 0 Å². The van der Waals surface area contributed by atoms with E-state index in [1.165, 1.54) is 40.8 Å². The van der Waals surface area contributed by atoms with E-state index < -0.39 is 23.9 Å². The number of rotatable bonds is 8. The van der Waals surface area contributed by atoms with Crippen molar-refractivity contribution in [2.45, 2.75) is 19.5 Å². The lowest BCUT2D eigenvalue weighted by Gasteiger charge is -2.18. The van der Waals surface area contributed by atoms with Gasteiger partial charge in [-0.25, -0.2) is 14.4 Å². The summed E-state index contributed by atoms with van der Waals surface area (Å²) in [6.45, 7) is 4.99. The Hall–Kier alpha value is -3.43. The van der Waals surface area contributed by atoms with Crippen molar-refractivity contribution in [1.82, 2.24) is 19.6 Å². The van der Waals surface area contributed by atoms with Crippen molar-refractivity contribution in [2.24, 2.45) is 0 Å². The first kappa shape index (κ1) is 17.9. The van der Waals surface area contributed by atoms with Gasteiger partial charge in [0, 0.05) is 18.0 Å². The van der Waals surface area contributed by atoms with Crippen LogP contribution >= 0.6 is 0 Å². The molecule has 2 aromatic rings. The third kappa shape index (κ3) is 4.53. The maximum Gasteiger partial charge on any atom is 0.356 e. The first-order valence-electron chi connectivity index (χ1n) is 7.15. The molecule has 0 radical (unpaired) electrons. The van der Waals surface area contributed by atoms with Gasteiger partial charge in [0.15, 0.2) is 11.4 Å². The first-order chi connectivity index (χ1) is 11.8. The third-order valence-corrected chi connectivity index (χ3v) is 3.21. The summed E-state index contributed by atoms with van der Waals surface area (Å²) in [5.41, 5.74) is -0.0787. The molecule has 2 rings (SSSR count). The van der Waals surface area contributed by atoms with Crippen LogP contribution in [0.4, 0.5) is 0 Å². The van der Waals surface area contributed by atoms with Gasteiger partial charge in [0.05, 0.1) is 6.54 Å². The van der Waals surface area contributed by atoms with E-state index >= 15 is 0 Å². The van der Waals surface area contributed by atoms with Gasteiger partial charge in [-0.2, -0.15) is 10.2 Å². The molecule has 0 saturated heterocycles. The number of hydrogen-bond donors (Lipinski definition) is 2. The topological polar surface area (TPSA) is 137 Å². The number of esters is 1. The van der Waals surface area contributed by atoms with E-state index in [1.54, 1.807) is 0 Å². The lowest BCUT2D eigenvalue weighted by atomic mass is 10.3. The quantitative estimate of drug-likeness (QED) is 0.529. The molecule has 0 bridgehead atoms. The van der Waals surface area contributed by atoms with Gasteiger partial charge in [0.2, 0.25) is 0 Å². The fourth-order valence-electron chi connectivity index (χ4n) is 1.96. The Kier molecular flexibility index (Phi) is 5.32. The highest BCUT2D eigenvalue weighted by molar-refractivity contribution is 5.87. The van der Waals surface area contributed by atoms with Crippen molar-refractivity contribution in [1.29, 1.82) is 0 Å². The number of carboxylic acid groups (broad SMARTS) is 2. The van der Waals surface area contributed by atoms with Crippen molar-refractivity contribution in [3.63, 3.8) is 0 Å². The predicted octanol–water partition coefficient (Wildman–Crippen LogP) is 0.837. The summed E-state index contributed by atoms with van der Waals surface area (Å²) in [6, 6.07) is 2.05. The molecule has 0 fully saturated rings. The van der Waals surface area contributed by atoms with Gasteiger partial charge >= 0.3 is 17.9 Å². The van der Waals surface area contributed by atoms with Crippen molar-refractivity contribution in [3.8, 4) is 0 Å². The van der Waals surface area contributed by atoms with E-state index in [0.29, 0.717) is 0 Å². The smallest absolute Gasteiger partial charge is 0.356 e. The Morgan fingerprint density at radius 2 is 1.76 bits per heavy atom. The van der Waals surface area contributed by atoms with Gasteiger partial charge in [-0.1, -0.05) is 6.58 Å². The molecule has 2 heterocycles. The van der Waals surface area contributed by atoms with Crippen LogP contribution in [0.1, 0.15) is 33.9 Å². The number of carboxylic acids is 2. The molecule has 132 valence electrons. The summed E-state index contributed by atoms with van der Waals surface area (Å²) in [5.74, 6) is -2.96.